The van der Waals surface area contributed by atoms with Crippen LogP contribution in [0.5, 0.6) is 11.5 Å². The molecule has 3 rings (SSSR count). The van der Waals surface area contributed by atoms with E-state index in [1.54, 1.807) is 6.07 Å². The lowest BCUT2D eigenvalue weighted by molar-refractivity contribution is 0.451. The highest BCUT2D eigenvalue weighted by atomic mass is 16.3. The molecule has 0 aliphatic carbocycles. The normalized spacial score (nSPS) is 12.2. The highest BCUT2D eigenvalue weighted by molar-refractivity contribution is 5.85. The fraction of sp³-hybridized carbons (Fsp3) is 0.111. The smallest absolute Gasteiger partial charge is 0.121 e. The molecule has 0 saturated heterocycles. The second kappa shape index (κ2) is 5.37. The molecular formula is C18H17NO2. The van der Waals surface area contributed by atoms with Gasteiger partial charge in [0, 0.05) is 11.3 Å². The number of hydrogen-bond acceptors (Lipinski definition) is 3. The van der Waals surface area contributed by atoms with Crippen molar-refractivity contribution in [3.63, 3.8) is 0 Å². The molecule has 21 heavy (non-hydrogen) atoms. The van der Waals surface area contributed by atoms with Gasteiger partial charge in [0.2, 0.25) is 0 Å². The van der Waals surface area contributed by atoms with Gasteiger partial charge < -0.3 is 15.5 Å². The van der Waals surface area contributed by atoms with Gasteiger partial charge in [-0.05, 0) is 48.0 Å². The topological polar surface area (TPSA) is 52.5 Å². The van der Waals surface area contributed by atoms with Crippen LogP contribution in [0, 0.1) is 0 Å². The van der Waals surface area contributed by atoms with E-state index in [-0.39, 0.29) is 17.5 Å². The molecule has 1 atom stereocenters. The second-order valence-corrected chi connectivity index (χ2v) is 5.17. The number of hydrogen-bond donors (Lipinski definition) is 3. The SMILES string of the molecule is CC(Nc1ccc2ccccc2c1)c1cc(O)ccc1O. The fourth-order valence-electron chi connectivity index (χ4n) is 2.50. The maximum Gasteiger partial charge on any atom is 0.121 e. The van der Waals surface area contributed by atoms with E-state index in [1.807, 2.05) is 25.1 Å². The molecule has 0 amide bonds. The summed E-state index contributed by atoms with van der Waals surface area (Å²) in [6.45, 7) is 1.95. The number of aromatic hydroxyl groups is 2. The minimum atomic E-state index is -0.113. The predicted molar refractivity (Wildman–Crippen MR) is 85.8 cm³/mol. The van der Waals surface area contributed by atoms with E-state index in [2.05, 4.69) is 29.6 Å². The minimum Gasteiger partial charge on any atom is -0.508 e. The van der Waals surface area contributed by atoms with Crippen molar-refractivity contribution in [3.8, 4) is 11.5 Å². The quantitative estimate of drug-likeness (QED) is 0.622. The number of benzene rings is 3. The molecule has 0 radical (unpaired) electrons. The molecular weight excluding hydrogens is 262 g/mol. The third-order valence-corrected chi connectivity index (χ3v) is 3.61. The van der Waals surface area contributed by atoms with E-state index in [9.17, 15) is 10.2 Å². The van der Waals surface area contributed by atoms with Gasteiger partial charge in [-0.3, -0.25) is 0 Å². The number of nitrogens with one attached hydrogen (secondary N) is 1. The van der Waals surface area contributed by atoms with Crippen LogP contribution in [0.3, 0.4) is 0 Å². The minimum absolute atomic E-state index is 0.113. The van der Waals surface area contributed by atoms with E-state index in [0.29, 0.717) is 5.56 Å². The summed E-state index contributed by atoms with van der Waals surface area (Å²) >= 11 is 0. The number of anilines is 1. The molecule has 0 spiro atoms. The molecule has 1 unspecified atom stereocenters. The van der Waals surface area contributed by atoms with Gasteiger partial charge in [0.1, 0.15) is 11.5 Å². The molecule has 0 aromatic heterocycles. The lowest BCUT2D eigenvalue weighted by Crippen LogP contribution is -2.06. The number of phenols is 2. The third-order valence-electron chi connectivity index (χ3n) is 3.61. The summed E-state index contributed by atoms with van der Waals surface area (Å²) < 4.78 is 0. The molecule has 0 aliphatic heterocycles. The molecule has 0 saturated carbocycles. The summed E-state index contributed by atoms with van der Waals surface area (Å²) in [4.78, 5) is 0. The summed E-state index contributed by atoms with van der Waals surface area (Å²) in [6, 6.07) is 18.8. The van der Waals surface area contributed by atoms with E-state index in [1.165, 1.54) is 17.5 Å². The zero-order valence-corrected chi connectivity index (χ0v) is 11.7. The summed E-state index contributed by atoms with van der Waals surface area (Å²) in [5, 5.41) is 25.2. The lowest BCUT2D eigenvalue weighted by atomic mass is 10.1. The Hall–Kier alpha value is -2.68. The van der Waals surface area contributed by atoms with Crippen molar-refractivity contribution >= 4 is 16.5 Å². The van der Waals surface area contributed by atoms with Gasteiger partial charge in [-0.25, -0.2) is 0 Å². The van der Waals surface area contributed by atoms with Crippen molar-refractivity contribution in [1.29, 1.82) is 0 Å². The number of fused-ring (bicyclic) bond motifs is 1. The Morgan fingerprint density at radius 3 is 2.43 bits per heavy atom. The maximum atomic E-state index is 9.90. The van der Waals surface area contributed by atoms with Gasteiger partial charge in [-0.2, -0.15) is 0 Å². The van der Waals surface area contributed by atoms with E-state index >= 15 is 0 Å². The Labute approximate surface area is 123 Å². The van der Waals surface area contributed by atoms with E-state index < -0.39 is 0 Å². The second-order valence-electron chi connectivity index (χ2n) is 5.17. The van der Waals surface area contributed by atoms with Crippen molar-refractivity contribution < 1.29 is 10.2 Å². The van der Waals surface area contributed by atoms with Crippen LogP contribution in [-0.2, 0) is 0 Å². The highest BCUT2D eigenvalue weighted by Gasteiger charge is 2.11. The van der Waals surface area contributed by atoms with Crippen molar-refractivity contribution in [2.45, 2.75) is 13.0 Å². The van der Waals surface area contributed by atoms with Crippen molar-refractivity contribution in [3.05, 3.63) is 66.2 Å². The largest absolute Gasteiger partial charge is 0.508 e. The zero-order valence-electron chi connectivity index (χ0n) is 11.7. The Morgan fingerprint density at radius 1 is 0.857 bits per heavy atom. The van der Waals surface area contributed by atoms with Gasteiger partial charge in [-0.15, -0.1) is 0 Å². The Morgan fingerprint density at radius 2 is 1.62 bits per heavy atom. The highest BCUT2D eigenvalue weighted by Crippen LogP contribution is 2.30. The van der Waals surface area contributed by atoms with Crippen molar-refractivity contribution in [1.82, 2.24) is 0 Å². The summed E-state index contributed by atoms with van der Waals surface area (Å²) in [5.41, 5.74) is 1.65. The van der Waals surface area contributed by atoms with Gasteiger partial charge >= 0.3 is 0 Å². The first kappa shape index (κ1) is 13.3. The molecule has 106 valence electrons. The number of phenolic OH excluding ortho intramolecular Hbond substituents is 2. The number of rotatable bonds is 3. The third kappa shape index (κ3) is 2.77. The van der Waals surface area contributed by atoms with Crippen LogP contribution < -0.4 is 5.32 Å². The maximum absolute atomic E-state index is 9.90. The fourth-order valence-corrected chi connectivity index (χ4v) is 2.50. The Bertz CT molecular complexity index is 783. The molecule has 3 aromatic rings. The molecule has 0 fully saturated rings. The molecule has 3 aromatic carbocycles. The first-order chi connectivity index (χ1) is 10.1. The summed E-state index contributed by atoms with van der Waals surface area (Å²) in [7, 11) is 0. The average molecular weight is 279 g/mol. The van der Waals surface area contributed by atoms with Crippen LogP contribution in [0.2, 0.25) is 0 Å². The molecule has 0 aliphatic rings. The first-order valence-electron chi connectivity index (χ1n) is 6.91. The van der Waals surface area contributed by atoms with Crippen molar-refractivity contribution in [2.75, 3.05) is 5.32 Å². The molecule has 3 heteroatoms. The predicted octanol–water partition coefficient (Wildman–Crippen LogP) is 4.42. The molecule has 0 bridgehead atoms. The molecule has 3 N–H and O–H groups in total. The van der Waals surface area contributed by atoms with E-state index in [0.717, 1.165) is 11.1 Å². The first-order valence-corrected chi connectivity index (χ1v) is 6.91. The summed E-state index contributed by atoms with van der Waals surface area (Å²) in [6.07, 6.45) is 0. The lowest BCUT2D eigenvalue weighted by Gasteiger charge is -2.17. The standard InChI is InChI=1S/C18H17NO2/c1-12(17-11-16(20)8-9-18(17)21)19-15-7-6-13-4-2-3-5-14(13)10-15/h2-12,19-21H,1H3. The van der Waals surface area contributed by atoms with Gasteiger partial charge in [0.25, 0.3) is 0 Å². The van der Waals surface area contributed by atoms with Crippen molar-refractivity contribution in [2.24, 2.45) is 0 Å². The van der Waals surface area contributed by atoms with Crippen LogP contribution >= 0.6 is 0 Å². The Kier molecular flexibility index (Phi) is 3.40. The average Bonchev–Trinajstić information content (AvgIpc) is 2.49. The summed E-state index contributed by atoms with van der Waals surface area (Å²) in [5.74, 6) is 0.323. The van der Waals surface area contributed by atoms with Gasteiger partial charge in [0.05, 0.1) is 6.04 Å². The van der Waals surface area contributed by atoms with Crippen LogP contribution in [0.15, 0.2) is 60.7 Å². The zero-order chi connectivity index (χ0) is 14.8. The van der Waals surface area contributed by atoms with Crippen LogP contribution in [0.1, 0.15) is 18.5 Å². The van der Waals surface area contributed by atoms with Gasteiger partial charge in [-0.1, -0.05) is 30.3 Å². The molecule has 3 nitrogen and oxygen atoms in total. The van der Waals surface area contributed by atoms with Crippen LogP contribution in [0.4, 0.5) is 5.69 Å². The Balaban J connectivity index is 1.88. The molecule has 0 heterocycles. The van der Waals surface area contributed by atoms with Crippen LogP contribution in [0.25, 0.3) is 10.8 Å². The van der Waals surface area contributed by atoms with E-state index in [4.69, 9.17) is 0 Å². The van der Waals surface area contributed by atoms with Gasteiger partial charge in [0.15, 0.2) is 0 Å². The van der Waals surface area contributed by atoms with Crippen LogP contribution in [-0.4, -0.2) is 10.2 Å². The monoisotopic (exact) mass is 279 g/mol.